The zero-order valence-electron chi connectivity index (χ0n) is 9.29. The first-order valence-electron chi connectivity index (χ1n) is 5.12. The fourth-order valence-electron chi connectivity index (χ4n) is 1.25. The van der Waals surface area contributed by atoms with E-state index >= 15 is 0 Å². The van der Waals surface area contributed by atoms with Crippen LogP contribution in [0.25, 0.3) is 0 Å². The first-order valence-corrected chi connectivity index (χ1v) is 5.12. The molecule has 0 fully saturated rings. The summed E-state index contributed by atoms with van der Waals surface area (Å²) >= 11 is 0. The van der Waals surface area contributed by atoms with Crippen molar-refractivity contribution in [2.24, 2.45) is 0 Å². The molecular weight excluding hydrogens is 234 g/mol. The number of aromatic nitrogens is 1. The van der Waals surface area contributed by atoms with Crippen molar-refractivity contribution in [3.8, 4) is 6.07 Å². The van der Waals surface area contributed by atoms with Gasteiger partial charge in [0.1, 0.15) is 12.7 Å². The zero-order chi connectivity index (χ0) is 12.8. The van der Waals surface area contributed by atoms with Crippen molar-refractivity contribution < 1.29 is 14.1 Å². The third-order valence-electron chi connectivity index (χ3n) is 2.06. The monoisotopic (exact) mass is 243 g/mol. The van der Waals surface area contributed by atoms with Crippen molar-refractivity contribution in [3.05, 3.63) is 47.7 Å². The average molecular weight is 243 g/mol. The highest BCUT2D eigenvalue weighted by molar-refractivity contribution is 5.83. The molecule has 1 aromatic heterocycles. The summed E-state index contributed by atoms with van der Waals surface area (Å²) in [7, 11) is 0. The van der Waals surface area contributed by atoms with Gasteiger partial charge in [-0.3, -0.25) is 5.32 Å². The second-order valence-electron chi connectivity index (χ2n) is 3.37. The summed E-state index contributed by atoms with van der Waals surface area (Å²) in [5.74, 6) is 0.165. The Hall–Kier alpha value is -2.81. The SMILES string of the molecule is N#Cc1cc(NC(=O)OCc2ccccc2)no1. The summed E-state index contributed by atoms with van der Waals surface area (Å²) in [6, 6.07) is 12.3. The standard InChI is InChI=1S/C12H9N3O3/c13-7-10-6-11(15-18-10)14-12(16)17-8-9-4-2-1-3-5-9/h1-6H,8H2,(H,14,15,16). The zero-order valence-corrected chi connectivity index (χ0v) is 9.29. The Morgan fingerprint density at radius 1 is 1.44 bits per heavy atom. The Morgan fingerprint density at radius 2 is 2.22 bits per heavy atom. The van der Waals surface area contributed by atoms with Crippen LogP contribution in [0.4, 0.5) is 10.6 Å². The summed E-state index contributed by atoms with van der Waals surface area (Å²) in [6.07, 6.45) is -0.656. The highest BCUT2D eigenvalue weighted by Gasteiger charge is 2.08. The number of rotatable bonds is 3. The maximum Gasteiger partial charge on any atom is 0.413 e. The van der Waals surface area contributed by atoms with Crippen molar-refractivity contribution in [1.82, 2.24) is 5.16 Å². The van der Waals surface area contributed by atoms with E-state index in [9.17, 15) is 4.79 Å². The minimum Gasteiger partial charge on any atom is -0.444 e. The van der Waals surface area contributed by atoms with Crippen LogP contribution in [0.3, 0.4) is 0 Å². The van der Waals surface area contributed by atoms with Gasteiger partial charge in [-0.05, 0) is 5.56 Å². The van der Waals surface area contributed by atoms with Crippen LogP contribution in [0, 0.1) is 11.3 Å². The van der Waals surface area contributed by atoms with Crippen LogP contribution in [-0.2, 0) is 11.3 Å². The van der Waals surface area contributed by atoms with Gasteiger partial charge in [0.25, 0.3) is 0 Å². The van der Waals surface area contributed by atoms with Crippen LogP contribution >= 0.6 is 0 Å². The molecule has 6 heteroatoms. The Labute approximate surface area is 103 Å². The molecular formula is C12H9N3O3. The number of amides is 1. The molecule has 2 aromatic rings. The fraction of sp³-hybridized carbons (Fsp3) is 0.0833. The Bertz CT molecular complexity index is 572. The van der Waals surface area contributed by atoms with E-state index in [1.807, 2.05) is 30.3 Å². The van der Waals surface area contributed by atoms with E-state index in [0.29, 0.717) is 0 Å². The predicted octanol–water partition coefficient (Wildman–Crippen LogP) is 2.29. The normalized spacial score (nSPS) is 9.50. The highest BCUT2D eigenvalue weighted by atomic mass is 16.5. The minimum atomic E-state index is -0.656. The summed E-state index contributed by atoms with van der Waals surface area (Å²) in [6.45, 7) is 0.162. The van der Waals surface area contributed by atoms with Gasteiger partial charge in [-0.1, -0.05) is 35.5 Å². The molecule has 90 valence electrons. The van der Waals surface area contributed by atoms with E-state index in [4.69, 9.17) is 10.00 Å². The van der Waals surface area contributed by atoms with E-state index in [1.54, 1.807) is 6.07 Å². The van der Waals surface area contributed by atoms with Gasteiger partial charge < -0.3 is 9.26 Å². The number of benzene rings is 1. The number of anilines is 1. The predicted molar refractivity (Wildman–Crippen MR) is 61.5 cm³/mol. The van der Waals surface area contributed by atoms with Gasteiger partial charge in [0, 0.05) is 6.07 Å². The highest BCUT2D eigenvalue weighted by Crippen LogP contribution is 2.08. The summed E-state index contributed by atoms with van der Waals surface area (Å²) in [5, 5.41) is 14.3. The molecule has 2 rings (SSSR count). The van der Waals surface area contributed by atoms with Crippen molar-refractivity contribution in [2.45, 2.75) is 6.61 Å². The first kappa shape index (κ1) is 11.7. The van der Waals surface area contributed by atoms with E-state index in [0.717, 1.165) is 5.56 Å². The topological polar surface area (TPSA) is 88.2 Å². The van der Waals surface area contributed by atoms with E-state index in [1.165, 1.54) is 6.07 Å². The van der Waals surface area contributed by atoms with Gasteiger partial charge in [0.15, 0.2) is 5.82 Å². The molecule has 6 nitrogen and oxygen atoms in total. The Morgan fingerprint density at radius 3 is 2.89 bits per heavy atom. The van der Waals surface area contributed by atoms with Gasteiger partial charge >= 0.3 is 6.09 Å². The van der Waals surface area contributed by atoms with Gasteiger partial charge in [0.2, 0.25) is 5.76 Å². The molecule has 0 unspecified atom stereocenters. The van der Waals surface area contributed by atoms with Gasteiger partial charge in [0.05, 0.1) is 0 Å². The van der Waals surface area contributed by atoms with Crippen LogP contribution in [0.5, 0.6) is 0 Å². The molecule has 1 aromatic carbocycles. The molecule has 0 bridgehead atoms. The largest absolute Gasteiger partial charge is 0.444 e. The quantitative estimate of drug-likeness (QED) is 0.893. The molecule has 0 aliphatic rings. The fourth-order valence-corrected chi connectivity index (χ4v) is 1.25. The third-order valence-corrected chi connectivity index (χ3v) is 2.06. The lowest BCUT2D eigenvalue weighted by Gasteiger charge is -2.04. The number of carbonyl (C=O) groups is 1. The minimum absolute atomic E-state index is 0.0216. The van der Waals surface area contributed by atoms with Crippen LogP contribution in [0.1, 0.15) is 11.3 Å². The molecule has 1 N–H and O–H groups in total. The molecule has 0 aliphatic heterocycles. The Balaban J connectivity index is 1.84. The van der Waals surface area contributed by atoms with E-state index < -0.39 is 6.09 Å². The van der Waals surface area contributed by atoms with E-state index in [2.05, 4.69) is 15.0 Å². The number of nitriles is 1. The van der Waals surface area contributed by atoms with Crippen LogP contribution < -0.4 is 5.32 Å². The van der Waals surface area contributed by atoms with Crippen molar-refractivity contribution in [2.75, 3.05) is 5.32 Å². The number of hydrogen-bond donors (Lipinski definition) is 1. The second kappa shape index (κ2) is 5.50. The van der Waals surface area contributed by atoms with Crippen LogP contribution in [-0.4, -0.2) is 11.2 Å². The summed E-state index contributed by atoms with van der Waals surface area (Å²) < 4.78 is 9.56. The van der Waals surface area contributed by atoms with Crippen molar-refractivity contribution in [3.63, 3.8) is 0 Å². The number of hydrogen-bond acceptors (Lipinski definition) is 5. The molecule has 0 saturated heterocycles. The van der Waals surface area contributed by atoms with Crippen LogP contribution in [0.15, 0.2) is 40.9 Å². The molecule has 0 atom stereocenters. The lowest BCUT2D eigenvalue weighted by Crippen LogP contribution is -2.13. The molecule has 18 heavy (non-hydrogen) atoms. The van der Waals surface area contributed by atoms with E-state index in [-0.39, 0.29) is 18.2 Å². The number of carbonyl (C=O) groups excluding carboxylic acids is 1. The summed E-state index contributed by atoms with van der Waals surface area (Å²) in [5.41, 5.74) is 0.880. The molecule has 1 heterocycles. The van der Waals surface area contributed by atoms with Crippen LogP contribution in [0.2, 0.25) is 0 Å². The second-order valence-corrected chi connectivity index (χ2v) is 3.37. The molecule has 0 radical (unpaired) electrons. The first-order chi connectivity index (χ1) is 8.78. The van der Waals surface area contributed by atoms with Crippen molar-refractivity contribution >= 4 is 11.9 Å². The smallest absolute Gasteiger partial charge is 0.413 e. The summed E-state index contributed by atoms with van der Waals surface area (Å²) in [4.78, 5) is 11.4. The number of nitrogens with one attached hydrogen (secondary N) is 1. The number of nitrogens with zero attached hydrogens (tertiary/aromatic N) is 2. The van der Waals surface area contributed by atoms with Gasteiger partial charge in [-0.25, -0.2) is 4.79 Å². The molecule has 0 aliphatic carbocycles. The lowest BCUT2D eigenvalue weighted by atomic mass is 10.2. The maximum absolute atomic E-state index is 11.4. The molecule has 1 amide bonds. The maximum atomic E-state index is 11.4. The molecule has 0 spiro atoms. The third kappa shape index (κ3) is 3.09. The lowest BCUT2D eigenvalue weighted by molar-refractivity contribution is 0.155. The molecule has 0 saturated carbocycles. The average Bonchev–Trinajstić information content (AvgIpc) is 2.85. The van der Waals surface area contributed by atoms with Gasteiger partial charge in [-0.2, -0.15) is 5.26 Å². The van der Waals surface area contributed by atoms with Gasteiger partial charge in [-0.15, -0.1) is 0 Å². The Kier molecular flexibility index (Phi) is 3.56. The number of ether oxygens (including phenoxy) is 1. The van der Waals surface area contributed by atoms with Crippen molar-refractivity contribution in [1.29, 1.82) is 5.26 Å².